The van der Waals surface area contributed by atoms with E-state index in [1.807, 2.05) is 44.2 Å². The number of nitrogens with two attached hydrogens (primary N) is 1. The molecule has 0 saturated carbocycles. The van der Waals surface area contributed by atoms with Gasteiger partial charge in [-0.2, -0.15) is 12.6 Å². The molecule has 2 unspecified atom stereocenters. The smallest absolute Gasteiger partial charge is 0.148 e. The zero-order chi connectivity index (χ0) is 37.5. The van der Waals surface area contributed by atoms with Crippen molar-refractivity contribution in [2.75, 3.05) is 6.26 Å². The summed E-state index contributed by atoms with van der Waals surface area (Å²) in [4.78, 5) is 11.7. The highest BCUT2D eigenvalue weighted by Crippen LogP contribution is 2.53. The summed E-state index contributed by atoms with van der Waals surface area (Å²) in [6, 6.07) is 39.1. The van der Waals surface area contributed by atoms with Crippen LogP contribution in [0.1, 0.15) is 69.2 Å². The molecule has 5 heteroatoms. The van der Waals surface area contributed by atoms with Gasteiger partial charge in [0.1, 0.15) is 5.66 Å². The molecule has 1 aliphatic carbocycles. The molecule has 0 aliphatic heterocycles. The van der Waals surface area contributed by atoms with Crippen molar-refractivity contribution < 1.29 is 0 Å². The van der Waals surface area contributed by atoms with Crippen LogP contribution in [0.5, 0.6) is 0 Å². The molecule has 0 fully saturated rings. The highest BCUT2D eigenvalue weighted by molar-refractivity contribution is 7.79. The number of thiol groups is 1. The minimum absolute atomic E-state index is 0.0916. The number of para-hydroxylation sites is 1. The number of fused-ring (bicyclic) bond motifs is 7. The van der Waals surface area contributed by atoms with Gasteiger partial charge in [0.05, 0.1) is 5.52 Å². The predicted molar refractivity (Wildman–Crippen MR) is 228 cm³/mol. The van der Waals surface area contributed by atoms with Gasteiger partial charge in [0.2, 0.25) is 0 Å². The van der Waals surface area contributed by atoms with E-state index in [9.17, 15) is 4.91 Å². The Bertz CT molecular complexity index is 2240. The van der Waals surface area contributed by atoms with Gasteiger partial charge in [-0.25, -0.2) is 0 Å². The lowest BCUT2D eigenvalue weighted by molar-refractivity contribution is 0.425. The Labute approximate surface area is 315 Å². The Morgan fingerprint density at radius 1 is 0.827 bits per heavy atom. The molecule has 0 spiro atoms. The van der Waals surface area contributed by atoms with Gasteiger partial charge in [0, 0.05) is 39.7 Å². The molecule has 5 aromatic carbocycles. The van der Waals surface area contributed by atoms with Crippen LogP contribution in [0.4, 0.5) is 0 Å². The van der Waals surface area contributed by atoms with Crippen molar-refractivity contribution in [1.82, 2.24) is 4.57 Å². The quantitative estimate of drug-likeness (QED) is 0.0847. The molecule has 1 aliphatic rings. The molecule has 7 rings (SSSR count). The van der Waals surface area contributed by atoms with Crippen LogP contribution in [0.25, 0.3) is 44.1 Å². The molecule has 2 atom stereocenters. The first-order valence-corrected chi connectivity index (χ1v) is 19.0. The van der Waals surface area contributed by atoms with Crippen LogP contribution in [0.15, 0.2) is 151 Å². The summed E-state index contributed by atoms with van der Waals surface area (Å²) in [6.07, 6.45) is 12.1. The van der Waals surface area contributed by atoms with E-state index in [-0.39, 0.29) is 11.3 Å². The average molecular weight is 706 g/mol. The van der Waals surface area contributed by atoms with Gasteiger partial charge in [0.15, 0.2) is 0 Å². The average Bonchev–Trinajstić information content (AvgIpc) is 3.63. The highest BCUT2D eigenvalue weighted by atomic mass is 32.1. The Morgan fingerprint density at radius 2 is 1.50 bits per heavy atom. The van der Waals surface area contributed by atoms with E-state index in [1.165, 1.54) is 49.6 Å². The summed E-state index contributed by atoms with van der Waals surface area (Å²) in [7, 11) is 0. The number of rotatable bonds is 10. The van der Waals surface area contributed by atoms with Crippen LogP contribution in [0, 0.1) is 4.91 Å². The fraction of sp³-hybridized carbons (Fsp3) is 0.234. The Kier molecular flexibility index (Phi) is 12.2. The molecular formula is C47H51N3OS. The van der Waals surface area contributed by atoms with Gasteiger partial charge < -0.3 is 10.3 Å². The minimum atomic E-state index is -1.19. The van der Waals surface area contributed by atoms with Gasteiger partial charge in [-0.15, -0.1) is 4.91 Å². The maximum atomic E-state index is 11.7. The lowest BCUT2D eigenvalue weighted by atomic mass is 9.80. The van der Waals surface area contributed by atoms with Crippen molar-refractivity contribution in [2.45, 2.75) is 64.6 Å². The van der Waals surface area contributed by atoms with Crippen molar-refractivity contribution in [2.24, 2.45) is 10.9 Å². The molecule has 1 heterocycles. The standard InChI is InChI=1S/C44H41N3O.C2H6.CH4S/c1-5-6-7-8-14-27-47-39-26-25-35-34-21-12-13-24-38(34)43(2,3)41(35)40(39)36-23-16-22-33(42(36)47)31-19-15-20-32(28-31)37(29-44(4,45)46-48)30-17-10-9-11-18-30;2*1-2/h5-26,28,37H,1,27,29,45H2,2-4H3;1-2H3;2H,1H3/b7-6-,14-8-;;. The number of benzene rings is 5. The third-order valence-electron chi connectivity index (χ3n) is 9.98. The van der Waals surface area contributed by atoms with Crippen LogP contribution in [0.2, 0.25) is 0 Å². The number of aromatic nitrogens is 1. The van der Waals surface area contributed by atoms with E-state index in [0.29, 0.717) is 13.0 Å². The second-order valence-corrected chi connectivity index (χ2v) is 13.7. The van der Waals surface area contributed by atoms with Crippen molar-refractivity contribution in [1.29, 1.82) is 0 Å². The SMILES string of the molecule is C=C/C=C\C=C/Cn1c2ccc3c(c2c2cccc(-c4cccc(C(CC(C)(N)N=O)c5ccccc5)c4)c21)C(C)(C)c1ccccc1-3.CC.CS. The summed E-state index contributed by atoms with van der Waals surface area (Å²) in [5, 5.41) is 5.84. The third kappa shape index (κ3) is 7.21. The van der Waals surface area contributed by atoms with E-state index < -0.39 is 5.66 Å². The maximum absolute atomic E-state index is 11.7. The zero-order valence-electron chi connectivity index (χ0n) is 31.3. The second-order valence-electron chi connectivity index (χ2n) is 13.7. The molecule has 0 bridgehead atoms. The monoisotopic (exact) mass is 705 g/mol. The summed E-state index contributed by atoms with van der Waals surface area (Å²) >= 11 is 3.53. The summed E-state index contributed by atoms with van der Waals surface area (Å²) in [5.74, 6) is -0.0916. The lowest BCUT2D eigenvalue weighted by Gasteiger charge is -2.25. The van der Waals surface area contributed by atoms with E-state index in [2.05, 4.69) is 146 Å². The maximum Gasteiger partial charge on any atom is 0.148 e. The molecule has 4 nitrogen and oxygen atoms in total. The molecule has 6 aromatic rings. The largest absolute Gasteiger partial charge is 0.336 e. The number of hydrogen-bond acceptors (Lipinski definition) is 4. The van der Waals surface area contributed by atoms with Crippen LogP contribution in [-0.2, 0) is 12.0 Å². The molecular weight excluding hydrogens is 655 g/mol. The fourth-order valence-electron chi connectivity index (χ4n) is 7.81. The zero-order valence-corrected chi connectivity index (χ0v) is 32.2. The molecule has 2 N–H and O–H groups in total. The van der Waals surface area contributed by atoms with E-state index in [0.717, 1.165) is 16.7 Å². The molecule has 0 radical (unpaired) electrons. The number of allylic oxidation sites excluding steroid dienone is 5. The Hall–Kier alpha value is -4.97. The van der Waals surface area contributed by atoms with Crippen molar-refractivity contribution >= 4 is 34.4 Å². The van der Waals surface area contributed by atoms with Crippen molar-refractivity contribution in [3.05, 3.63) is 173 Å². The second kappa shape index (κ2) is 16.6. The van der Waals surface area contributed by atoms with Crippen LogP contribution in [-0.4, -0.2) is 16.5 Å². The summed E-state index contributed by atoms with van der Waals surface area (Å²) in [5.41, 5.74) is 17.3. The molecule has 0 saturated heterocycles. The van der Waals surface area contributed by atoms with Gasteiger partial charge in [-0.05, 0) is 69.8 Å². The van der Waals surface area contributed by atoms with Crippen LogP contribution < -0.4 is 5.73 Å². The number of hydrogen-bond donors (Lipinski definition) is 2. The van der Waals surface area contributed by atoms with E-state index in [1.54, 1.807) is 19.3 Å². The van der Waals surface area contributed by atoms with E-state index >= 15 is 0 Å². The Balaban J connectivity index is 0.00000126. The van der Waals surface area contributed by atoms with Crippen LogP contribution >= 0.6 is 12.6 Å². The van der Waals surface area contributed by atoms with Gasteiger partial charge in [-0.1, -0.05) is 168 Å². The van der Waals surface area contributed by atoms with Gasteiger partial charge in [0.25, 0.3) is 0 Å². The van der Waals surface area contributed by atoms with Crippen molar-refractivity contribution in [3.8, 4) is 22.3 Å². The third-order valence-corrected chi connectivity index (χ3v) is 9.98. The first-order chi connectivity index (χ1) is 25.2. The lowest BCUT2D eigenvalue weighted by Crippen LogP contribution is -2.35. The fourth-order valence-corrected chi connectivity index (χ4v) is 7.81. The molecule has 52 heavy (non-hydrogen) atoms. The summed E-state index contributed by atoms with van der Waals surface area (Å²) < 4.78 is 2.46. The van der Waals surface area contributed by atoms with Crippen molar-refractivity contribution in [3.63, 3.8) is 0 Å². The highest BCUT2D eigenvalue weighted by Gasteiger charge is 2.38. The molecule has 0 amide bonds. The van der Waals surface area contributed by atoms with Gasteiger partial charge in [-0.3, -0.25) is 0 Å². The first kappa shape index (κ1) is 38.3. The molecule has 266 valence electrons. The first-order valence-electron chi connectivity index (χ1n) is 18.1. The normalized spacial score (nSPS) is 14.5. The predicted octanol–water partition coefficient (Wildman–Crippen LogP) is 12.6. The Morgan fingerprint density at radius 3 is 2.23 bits per heavy atom. The minimum Gasteiger partial charge on any atom is -0.336 e. The number of nitrogens with zero attached hydrogens (tertiary/aromatic N) is 2. The molecule has 1 aromatic heterocycles. The number of nitroso groups, excluding NO2 is 1. The van der Waals surface area contributed by atoms with E-state index in [4.69, 9.17) is 5.73 Å². The topological polar surface area (TPSA) is 60.4 Å². The summed E-state index contributed by atoms with van der Waals surface area (Å²) in [6.45, 7) is 14.9. The van der Waals surface area contributed by atoms with Gasteiger partial charge >= 0.3 is 0 Å². The van der Waals surface area contributed by atoms with Crippen LogP contribution in [0.3, 0.4) is 0 Å².